The molecule has 7 nitrogen and oxygen atoms in total. The molecule has 44 heavy (non-hydrogen) atoms. The van der Waals surface area contributed by atoms with Crippen LogP contribution in [-0.2, 0) is 16.1 Å². The average Bonchev–Trinajstić information content (AvgIpc) is 3.31. The van der Waals surface area contributed by atoms with Crippen LogP contribution in [-0.4, -0.2) is 24.3 Å². The summed E-state index contributed by atoms with van der Waals surface area (Å²) in [5.74, 6) is 0.663. The molecule has 2 heterocycles. The highest BCUT2D eigenvalue weighted by atomic mass is 79.9. The average molecular weight is 716 g/mol. The van der Waals surface area contributed by atoms with Crippen LogP contribution in [0.25, 0.3) is 6.08 Å². The monoisotopic (exact) mass is 714 g/mol. The number of halogens is 3. The van der Waals surface area contributed by atoms with Crippen molar-refractivity contribution in [3.05, 3.63) is 123 Å². The number of carbonyl (C=O) groups excluding carboxylic acids is 1. The number of aromatic nitrogens is 1. The van der Waals surface area contributed by atoms with Gasteiger partial charge in [0.2, 0.25) is 0 Å². The number of hydrogen-bond donors (Lipinski definition) is 0. The third-order valence-corrected chi connectivity index (χ3v) is 9.14. The Kier molecular flexibility index (Phi) is 10.3. The van der Waals surface area contributed by atoms with E-state index >= 15 is 0 Å². The number of carbonyl (C=O) groups is 1. The molecule has 0 radical (unpaired) electrons. The van der Waals surface area contributed by atoms with Crippen molar-refractivity contribution < 1.29 is 19.0 Å². The summed E-state index contributed by atoms with van der Waals surface area (Å²) in [6, 6.07) is 17.5. The summed E-state index contributed by atoms with van der Waals surface area (Å²) in [5.41, 5.74) is 2.96. The maximum Gasteiger partial charge on any atom is 0.338 e. The van der Waals surface area contributed by atoms with E-state index in [0.29, 0.717) is 60.7 Å². The van der Waals surface area contributed by atoms with E-state index in [-0.39, 0.29) is 12.2 Å². The van der Waals surface area contributed by atoms with Gasteiger partial charge in [-0.3, -0.25) is 9.36 Å². The molecule has 3 aromatic carbocycles. The van der Waals surface area contributed by atoms with Gasteiger partial charge in [0, 0.05) is 10.0 Å². The number of benzene rings is 3. The van der Waals surface area contributed by atoms with Crippen molar-refractivity contribution in [3.8, 4) is 11.5 Å². The first-order valence-corrected chi connectivity index (χ1v) is 16.3. The first-order valence-electron chi connectivity index (χ1n) is 14.0. The van der Waals surface area contributed by atoms with Crippen LogP contribution in [0.2, 0.25) is 10.0 Å². The van der Waals surface area contributed by atoms with E-state index in [2.05, 4.69) is 15.9 Å². The fraction of sp³-hybridized carbons (Fsp3) is 0.242. The molecular formula is C33H29BrCl2N2O5S. The molecule has 5 rings (SSSR count). The molecule has 0 fully saturated rings. The Morgan fingerprint density at radius 1 is 1.09 bits per heavy atom. The van der Waals surface area contributed by atoms with Crippen LogP contribution >= 0.6 is 50.5 Å². The van der Waals surface area contributed by atoms with Gasteiger partial charge in [0.1, 0.15) is 24.1 Å². The lowest BCUT2D eigenvalue weighted by molar-refractivity contribution is -0.139. The normalized spacial score (nSPS) is 14.7. The molecule has 1 atom stereocenters. The predicted octanol–water partition coefficient (Wildman–Crippen LogP) is 7.24. The Bertz CT molecular complexity index is 1930. The van der Waals surface area contributed by atoms with Gasteiger partial charge < -0.3 is 14.2 Å². The Morgan fingerprint density at radius 2 is 1.91 bits per heavy atom. The summed E-state index contributed by atoms with van der Waals surface area (Å²) in [7, 11) is 1.56. The first kappa shape index (κ1) is 32.0. The third kappa shape index (κ3) is 6.81. The van der Waals surface area contributed by atoms with Gasteiger partial charge in [0.05, 0.1) is 39.6 Å². The van der Waals surface area contributed by atoms with Gasteiger partial charge in [-0.25, -0.2) is 9.79 Å². The lowest BCUT2D eigenvalue weighted by atomic mass is 9.93. The van der Waals surface area contributed by atoms with Crippen molar-refractivity contribution in [3.63, 3.8) is 0 Å². The second-order valence-corrected chi connectivity index (χ2v) is 12.6. The molecule has 0 N–H and O–H groups in total. The molecule has 1 aliphatic rings. The van der Waals surface area contributed by atoms with Crippen molar-refractivity contribution in [1.82, 2.24) is 4.57 Å². The molecular weight excluding hydrogens is 687 g/mol. The van der Waals surface area contributed by atoms with Gasteiger partial charge in [-0.1, -0.05) is 82.0 Å². The van der Waals surface area contributed by atoms with Gasteiger partial charge in [0.25, 0.3) is 5.56 Å². The Balaban J connectivity index is 1.61. The van der Waals surface area contributed by atoms with E-state index in [9.17, 15) is 9.59 Å². The van der Waals surface area contributed by atoms with Crippen LogP contribution in [0.15, 0.2) is 86.2 Å². The standard InChI is InChI=1S/C33H29BrCl2N2O5S/c1-4-7-26-29(32(40)42-5-2)30(23-17-21(34)11-13-27(23)41-3)38-31(39)28(44-33(38)37-26)16-19-8-6-9-22(14-19)43-18-20-10-12-24(35)25(36)15-20/h6,8-17,30H,4-5,7,18H2,1-3H3/b28-16+/t30-/m1/s1. The number of fused-ring (bicyclic) bond motifs is 1. The van der Waals surface area contributed by atoms with Crippen LogP contribution < -0.4 is 24.4 Å². The van der Waals surface area contributed by atoms with E-state index in [1.165, 1.54) is 11.3 Å². The number of nitrogens with zero attached hydrogens (tertiary/aromatic N) is 2. The van der Waals surface area contributed by atoms with Gasteiger partial charge in [-0.2, -0.15) is 0 Å². The molecule has 0 bridgehead atoms. The number of rotatable bonds is 10. The minimum absolute atomic E-state index is 0.192. The van der Waals surface area contributed by atoms with Crippen LogP contribution in [0, 0.1) is 0 Å². The van der Waals surface area contributed by atoms with Crippen LogP contribution in [0.5, 0.6) is 11.5 Å². The van der Waals surface area contributed by atoms with Crippen molar-refractivity contribution in [2.75, 3.05) is 13.7 Å². The quantitative estimate of drug-likeness (QED) is 0.162. The zero-order chi connectivity index (χ0) is 31.4. The van der Waals surface area contributed by atoms with Gasteiger partial charge in [0.15, 0.2) is 4.80 Å². The maximum atomic E-state index is 14.1. The van der Waals surface area contributed by atoms with Crippen molar-refractivity contribution in [1.29, 1.82) is 0 Å². The molecule has 1 aromatic heterocycles. The van der Waals surface area contributed by atoms with E-state index in [1.54, 1.807) is 42.9 Å². The summed E-state index contributed by atoms with van der Waals surface area (Å²) in [6.07, 6.45) is 3.11. The molecule has 0 saturated heterocycles. The Morgan fingerprint density at radius 3 is 2.64 bits per heavy atom. The number of esters is 1. The van der Waals surface area contributed by atoms with Crippen LogP contribution in [0.3, 0.4) is 0 Å². The van der Waals surface area contributed by atoms with Gasteiger partial charge >= 0.3 is 5.97 Å². The molecule has 1 aliphatic heterocycles. The van der Waals surface area contributed by atoms with E-state index in [1.807, 2.05) is 49.4 Å². The number of hydrogen-bond acceptors (Lipinski definition) is 7. The largest absolute Gasteiger partial charge is 0.496 e. The summed E-state index contributed by atoms with van der Waals surface area (Å²) in [6.45, 7) is 4.27. The van der Waals surface area contributed by atoms with Crippen molar-refractivity contribution in [2.45, 2.75) is 39.3 Å². The van der Waals surface area contributed by atoms with Gasteiger partial charge in [-0.15, -0.1) is 0 Å². The molecule has 0 amide bonds. The summed E-state index contributed by atoms with van der Waals surface area (Å²) in [4.78, 5) is 32.9. The number of methoxy groups -OCH3 is 1. The molecule has 228 valence electrons. The summed E-state index contributed by atoms with van der Waals surface area (Å²) >= 11 is 17.0. The predicted molar refractivity (Wildman–Crippen MR) is 178 cm³/mol. The minimum atomic E-state index is -0.790. The maximum absolute atomic E-state index is 14.1. The molecule has 0 saturated carbocycles. The third-order valence-electron chi connectivity index (χ3n) is 6.92. The SMILES string of the molecule is CCCC1=C(C(=O)OCC)[C@@H](c2cc(Br)ccc2OC)n2c(s/c(=C/c3cccc(OCc4ccc(Cl)c(Cl)c4)c3)c2=O)=N1. The lowest BCUT2D eigenvalue weighted by Gasteiger charge is -2.27. The second kappa shape index (κ2) is 14.2. The minimum Gasteiger partial charge on any atom is -0.496 e. The van der Waals surface area contributed by atoms with E-state index < -0.39 is 12.0 Å². The molecule has 11 heteroatoms. The molecule has 0 spiro atoms. The topological polar surface area (TPSA) is 79.1 Å². The van der Waals surface area contributed by atoms with E-state index in [0.717, 1.165) is 22.0 Å². The highest BCUT2D eigenvalue weighted by Gasteiger charge is 2.36. The summed E-state index contributed by atoms with van der Waals surface area (Å²) < 4.78 is 20.0. The fourth-order valence-electron chi connectivity index (χ4n) is 4.98. The zero-order valence-corrected chi connectivity index (χ0v) is 28.1. The first-order chi connectivity index (χ1) is 21.2. The molecule has 4 aromatic rings. The van der Waals surface area contributed by atoms with Gasteiger partial charge in [-0.05, 0) is 73.0 Å². The van der Waals surface area contributed by atoms with Crippen LogP contribution in [0.4, 0.5) is 0 Å². The summed E-state index contributed by atoms with van der Waals surface area (Å²) in [5, 5.41) is 0.944. The number of thiazole rings is 1. The zero-order valence-electron chi connectivity index (χ0n) is 24.2. The Labute approximate surface area is 277 Å². The molecule has 0 aliphatic carbocycles. The van der Waals surface area contributed by atoms with Crippen molar-refractivity contribution >= 4 is 62.5 Å². The molecule has 0 unspecified atom stereocenters. The Hall–Kier alpha value is -3.37. The van der Waals surface area contributed by atoms with Crippen LogP contribution in [0.1, 0.15) is 49.4 Å². The highest BCUT2D eigenvalue weighted by molar-refractivity contribution is 9.10. The highest BCUT2D eigenvalue weighted by Crippen LogP contribution is 2.38. The number of ether oxygens (including phenoxy) is 3. The van der Waals surface area contributed by atoms with Crippen molar-refractivity contribution in [2.24, 2.45) is 4.99 Å². The second-order valence-electron chi connectivity index (χ2n) is 9.91. The lowest BCUT2D eigenvalue weighted by Crippen LogP contribution is -2.40. The number of allylic oxidation sites excluding steroid dienone is 1. The smallest absolute Gasteiger partial charge is 0.338 e. The fourth-order valence-corrected chi connectivity index (χ4v) is 6.70. The van der Waals surface area contributed by atoms with E-state index in [4.69, 9.17) is 42.4 Å².